The molecule has 0 saturated heterocycles. The molecule has 0 bridgehead atoms. The van der Waals surface area contributed by atoms with Crippen molar-refractivity contribution in [2.75, 3.05) is 6.54 Å². The van der Waals surface area contributed by atoms with Crippen molar-refractivity contribution in [3.8, 4) is 0 Å². The summed E-state index contributed by atoms with van der Waals surface area (Å²) < 4.78 is 3.52. The Labute approximate surface area is 129 Å². The molecule has 21 heavy (non-hydrogen) atoms. The molecule has 0 aliphatic rings. The van der Waals surface area contributed by atoms with Gasteiger partial charge in [0.05, 0.1) is 10.2 Å². The third-order valence-electron chi connectivity index (χ3n) is 3.90. The average molecular weight is 302 g/mol. The summed E-state index contributed by atoms with van der Waals surface area (Å²) in [6, 6.07) is 6.72. The van der Waals surface area contributed by atoms with E-state index in [9.17, 15) is 0 Å². The Morgan fingerprint density at radius 2 is 2.05 bits per heavy atom. The van der Waals surface area contributed by atoms with Crippen LogP contribution in [0.25, 0.3) is 15.2 Å². The number of fused-ring (bicyclic) bond motifs is 3. The molecule has 3 rings (SSSR count). The van der Waals surface area contributed by atoms with Crippen LogP contribution in [-0.4, -0.2) is 21.1 Å². The van der Waals surface area contributed by atoms with Gasteiger partial charge >= 0.3 is 0 Å². The maximum absolute atomic E-state index is 5.54. The van der Waals surface area contributed by atoms with Crippen molar-refractivity contribution in [3.63, 3.8) is 0 Å². The summed E-state index contributed by atoms with van der Waals surface area (Å²) in [6.07, 6.45) is 4.34. The minimum absolute atomic E-state index is 0.553. The topological polar surface area (TPSA) is 56.2 Å². The third-order valence-corrected chi connectivity index (χ3v) is 4.89. The first-order valence-corrected chi connectivity index (χ1v) is 8.49. The van der Waals surface area contributed by atoms with Crippen LogP contribution in [0.3, 0.4) is 0 Å². The quantitative estimate of drug-likeness (QED) is 0.706. The first kappa shape index (κ1) is 14.5. The smallest absolute Gasteiger partial charge is 0.217 e. The third kappa shape index (κ3) is 2.80. The molecule has 0 spiro atoms. The molecule has 5 heteroatoms. The molecule has 1 aromatic carbocycles. The molecule has 2 aromatic heterocycles. The fraction of sp³-hybridized carbons (Fsp3) is 0.500. The van der Waals surface area contributed by atoms with Gasteiger partial charge in [-0.05, 0) is 43.0 Å². The van der Waals surface area contributed by atoms with Crippen LogP contribution in [0.2, 0.25) is 0 Å². The number of nitrogens with two attached hydrogens (primary N) is 1. The number of hydrogen-bond donors (Lipinski definition) is 1. The fourth-order valence-corrected chi connectivity index (χ4v) is 3.66. The zero-order valence-electron chi connectivity index (χ0n) is 12.7. The maximum Gasteiger partial charge on any atom is 0.217 e. The van der Waals surface area contributed by atoms with E-state index in [-0.39, 0.29) is 0 Å². The SMILES string of the molecule is CC(C)c1ccc2c(c1)sc1nnc(CCCCCN)n12. The molecule has 4 nitrogen and oxygen atoms in total. The molecule has 2 N–H and O–H groups in total. The van der Waals surface area contributed by atoms with Gasteiger partial charge in [0.2, 0.25) is 4.96 Å². The molecule has 3 aromatic rings. The summed E-state index contributed by atoms with van der Waals surface area (Å²) in [6.45, 7) is 5.23. The van der Waals surface area contributed by atoms with Crippen LogP contribution in [0.1, 0.15) is 50.4 Å². The first-order valence-electron chi connectivity index (χ1n) is 7.67. The van der Waals surface area contributed by atoms with E-state index in [2.05, 4.69) is 46.6 Å². The van der Waals surface area contributed by atoms with Gasteiger partial charge in [0.15, 0.2) is 0 Å². The zero-order chi connectivity index (χ0) is 14.8. The number of rotatable bonds is 6. The molecular weight excluding hydrogens is 280 g/mol. The van der Waals surface area contributed by atoms with Crippen LogP contribution >= 0.6 is 11.3 Å². The fourth-order valence-electron chi connectivity index (χ4n) is 2.63. The van der Waals surface area contributed by atoms with E-state index in [0.29, 0.717) is 5.92 Å². The molecule has 0 saturated carbocycles. The van der Waals surface area contributed by atoms with E-state index >= 15 is 0 Å². The van der Waals surface area contributed by atoms with Gasteiger partial charge < -0.3 is 5.73 Å². The van der Waals surface area contributed by atoms with Crippen LogP contribution in [0.4, 0.5) is 0 Å². The van der Waals surface area contributed by atoms with E-state index < -0.39 is 0 Å². The summed E-state index contributed by atoms with van der Waals surface area (Å²) in [5.41, 5.74) is 8.16. The van der Waals surface area contributed by atoms with Crippen LogP contribution < -0.4 is 5.73 Å². The molecule has 112 valence electrons. The van der Waals surface area contributed by atoms with Crippen molar-refractivity contribution in [1.29, 1.82) is 0 Å². The zero-order valence-corrected chi connectivity index (χ0v) is 13.5. The van der Waals surface area contributed by atoms with Gasteiger partial charge in [-0.15, -0.1) is 10.2 Å². The van der Waals surface area contributed by atoms with E-state index in [4.69, 9.17) is 5.73 Å². The van der Waals surface area contributed by atoms with Crippen molar-refractivity contribution >= 4 is 26.5 Å². The van der Waals surface area contributed by atoms with Gasteiger partial charge in [0.25, 0.3) is 0 Å². The lowest BCUT2D eigenvalue weighted by Gasteiger charge is -2.05. The highest BCUT2D eigenvalue weighted by molar-refractivity contribution is 7.23. The van der Waals surface area contributed by atoms with E-state index in [1.807, 2.05) is 0 Å². The van der Waals surface area contributed by atoms with Crippen LogP contribution in [-0.2, 0) is 6.42 Å². The minimum Gasteiger partial charge on any atom is -0.330 e. The first-order chi connectivity index (χ1) is 10.2. The number of hydrogen-bond acceptors (Lipinski definition) is 4. The van der Waals surface area contributed by atoms with E-state index in [1.165, 1.54) is 15.8 Å². The second-order valence-electron chi connectivity index (χ2n) is 5.82. The summed E-state index contributed by atoms with van der Waals surface area (Å²) >= 11 is 1.73. The standard InChI is InChI=1S/C16H22N4S/c1-11(2)12-7-8-13-14(10-12)21-16-19-18-15(20(13)16)6-4-3-5-9-17/h7-8,10-11H,3-6,9,17H2,1-2H3. The predicted octanol–water partition coefficient (Wildman–Crippen LogP) is 3.74. The Kier molecular flexibility index (Phi) is 4.22. The van der Waals surface area contributed by atoms with Gasteiger partial charge in [-0.1, -0.05) is 37.7 Å². The van der Waals surface area contributed by atoms with Gasteiger partial charge in [-0.3, -0.25) is 4.40 Å². The largest absolute Gasteiger partial charge is 0.330 e. The van der Waals surface area contributed by atoms with E-state index in [1.54, 1.807) is 11.3 Å². The number of thiazole rings is 1. The highest BCUT2D eigenvalue weighted by Crippen LogP contribution is 2.29. The van der Waals surface area contributed by atoms with Crippen LogP contribution in [0, 0.1) is 0 Å². The molecule has 0 fully saturated rings. The number of unbranched alkanes of at least 4 members (excludes halogenated alkanes) is 2. The molecule has 0 aliphatic carbocycles. The van der Waals surface area contributed by atoms with Gasteiger partial charge in [0.1, 0.15) is 5.82 Å². The minimum atomic E-state index is 0.553. The molecule has 0 atom stereocenters. The Bertz CT molecular complexity index is 741. The van der Waals surface area contributed by atoms with Crippen molar-refractivity contribution in [2.24, 2.45) is 5.73 Å². The molecule has 0 unspecified atom stereocenters. The Hall–Kier alpha value is -1.46. The van der Waals surface area contributed by atoms with Crippen LogP contribution in [0.5, 0.6) is 0 Å². The van der Waals surface area contributed by atoms with Gasteiger partial charge in [-0.2, -0.15) is 0 Å². The van der Waals surface area contributed by atoms with Gasteiger partial charge in [0, 0.05) is 6.42 Å². The lowest BCUT2D eigenvalue weighted by atomic mass is 10.0. The van der Waals surface area contributed by atoms with Crippen molar-refractivity contribution in [3.05, 3.63) is 29.6 Å². The van der Waals surface area contributed by atoms with Gasteiger partial charge in [-0.25, -0.2) is 0 Å². The Morgan fingerprint density at radius 1 is 1.19 bits per heavy atom. The Morgan fingerprint density at radius 3 is 2.81 bits per heavy atom. The second-order valence-corrected chi connectivity index (χ2v) is 6.83. The number of aromatic nitrogens is 3. The second kappa shape index (κ2) is 6.12. The van der Waals surface area contributed by atoms with Crippen molar-refractivity contribution < 1.29 is 0 Å². The highest BCUT2D eigenvalue weighted by atomic mass is 32.1. The number of nitrogens with zero attached hydrogens (tertiary/aromatic N) is 3. The average Bonchev–Trinajstić information content (AvgIpc) is 3.02. The number of benzene rings is 1. The lowest BCUT2D eigenvalue weighted by Crippen LogP contribution is -1.99. The molecule has 0 amide bonds. The van der Waals surface area contributed by atoms with Crippen molar-refractivity contribution in [1.82, 2.24) is 14.6 Å². The molecular formula is C16H22N4S. The highest BCUT2D eigenvalue weighted by Gasteiger charge is 2.13. The molecule has 0 radical (unpaired) electrons. The monoisotopic (exact) mass is 302 g/mol. The van der Waals surface area contributed by atoms with Crippen molar-refractivity contribution in [2.45, 2.75) is 45.4 Å². The summed E-state index contributed by atoms with van der Waals surface area (Å²) in [5.74, 6) is 1.63. The molecule has 2 heterocycles. The number of aryl methyl sites for hydroxylation is 1. The normalized spacial score (nSPS) is 12.0. The van der Waals surface area contributed by atoms with Crippen LogP contribution in [0.15, 0.2) is 18.2 Å². The summed E-state index contributed by atoms with van der Waals surface area (Å²) in [5, 5.41) is 8.69. The Balaban J connectivity index is 1.94. The van der Waals surface area contributed by atoms with E-state index in [0.717, 1.165) is 43.0 Å². The lowest BCUT2D eigenvalue weighted by molar-refractivity contribution is 0.667. The molecule has 0 aliphatic heterocycles. The maximum atomic E-state index is 5.54. The summed E-state index contributed by atoms with van der Waals surface area (Å²) in [4.78, 5) is 1.000. The summed E-state index contributed by atoms with van der Waals surface area (Å²) in [7, 11) is 0. The predicted molar refractivity (Wildman–Crippen MR) is 89.1 cm³/mol.